The summed E-state index contributed by atoms with van der Waals surface area (Å²) in [7, 11) is 0. The van der Waals surface area contributed by atoms with Crippen LogP contribution < -0.4 is 0 Å². The van der Waals surface area contributed by atoms with Gasteiger partial charge in [0.05, 0.1) is 11.8 Å². The second-order valence-corrected chi connectivity index (χ2v) is 5.79. The molecule has 2 aromatic rings. The average Bonchev–Trinajstić information content (AvgIpc) is 3.15. The van der Waals surface area contributed by atoms with Crippen LogP contribution in [0.3, 0.4) is 0 Å². The Morgan fingerprint density at radius 3 is 2.83 bits per heavy atom. The molecule has 1 amide bonds. The molecule has 1 unspecified atom stereocenters. The maximum atomic E-state index is 12.7. The van der Waals surface area contributed by atoms with E-state index in [1.165, 1.54) is 0 Å². The van der Waals surface area contributed by atoms with Gasteiger partial charge in [0.2, 0.25) is 0 Å². The minimum absolute atomic E-state index is 0.101. The van der Waals surface area contributed by atoms with E-state index in [2.05, 4.69) is 15.0 Å². The van der Waals surface area contributed by atoms with Crippen molar-refractivity contribution >= 4 is 5.91 Å². The number of H-pyrrole nitrogens is 2. The fourth-order valence-corrected chi connectivity index (χ4v) is 2.93. The predicted octanol–water partition coefficient (Wildman–Crippen LogP) is 3.08. The van der Waals surface area contributed by atoms with E-state index in [0.29, 0.717) is 30.9 Å². The van der Waals surface area contributed by atoms with Crippen molar-refractivity contribution < 1.29 is 18.0 Å². The molecule has 2 N–H and O–H groups in total. The summed E-state index contributed by atoms with van der Waals surface area (Å²) in [5.74, 6) is -0.0142. The summed E-state index contributed by atoms with van der Waals surface area (Å²) in [4.78, 5) is 23.4. The monoisotopic (exact) mass is 326 g/mol. The second kappa shape index (κ2) is 5.75. The molecule has 3 heterocycles. The van der Waals surface area contributed by atoms with Crippen LogP contribution in [0.2, 0.25) is 0 Å². The average molecular weight is 326 g/mol. The Morgan fingerprint density at radius 1 is 1.43 bits per heavy atom. The first-order valence-electron chi connectivity index (χ1n) is 7.41. The Balaban J connectivity index is 1.75. The van der Waals surface area contributed by atoms with Gasteiger partial charge in [0, 0.05) is 30.9 Å². The number of nitrogens with zero attached hydrogens (tertiary/aromatic N) is 2. The van der Waals surface area contributed by atoms with Crippen molar-refractivity contribution in [1.29, 1.82) is 0 Å². The molecular formula is C15H17F3N4O. The highest BCUT2D eigenvalue weighted by atomic mass is 19.4. The van der Waals surface area contributed by atoms with E-state index in [0.717, 1.165) is 18.3 Å². The molecular weight excluding hydrogens is 309 g/mol. The Hall–Kier alpha value is -2.25. The fourth-order valence-electron chi connectivity index (χ4n) is 2.93. The molecule has 1 saturated heterocycles. The molecule has 2 aromatic heterocycles. The third kappa shape index (κ3) is 3.11. The largest absolute Gasteiger partial charge is 0.432 e. The van der Waals surface area contributed by atoms with Crippen molar-refractivity contribution in [3.05, 3.63) is 41.2 Å². The zero-order chi connectivity index (χ0) is 16.6. The lowest BCUT2D eigenvalue weighted by Crippen LogP contribution is -2.39. The lowest BCUT2D eigenvalue weighted by atomic mass is 9.96. The van der Waals surface area contributed by atoms with Crippen molar-refractivity contribution in [2.75, 3.05) is 13.1 Å². The van der Waals surface area contributed by atoms with E-state index in [1.54, 1.807) is 17.2 Å². The van der Waals surface area contributed by atoms with Crippen LogP contribution in [0.15, 0.2) is 18.5 Å². The van der Waals surface area contributed by atoms with Crippen LogP contribution in [-0.4, -0.2) is 38.8 Å². The van der Waals surface area contributed by atoms with E-state index in [4.69, 9.17) is 0 Å². The van der Waals surface area contributed by atoms with E-state index >= 15 is 0 Å². The minimum atomic E-state index is -4.43. The number of halogens is 3. The number of hydrogen-bond acceptors (Lipinski definition) is 2. The van der Waals surface area contributed by atoms with Gasteiger partial charge in [-0.2, -0.15) is 13.2 Å². The van der Waals surface area contributed by atoms with Gasteiger partial charge < -0.3 is 14.9 Å². The number of aryl methyl sites for hydroxylation is 1. The number of rotatable bonds is 2. The van der Waals surface area contributed by atoms with Crippen LogP contribution in [0.4, 0.5) is 13.2 Å². The zero-order valence-electron chi connectivity index (χ0n) is 12.6. The number of carbonyl (C=O) groups is 1. The fraction of sp³-hybridized carbons (Fsp3) is 0.467. The molecule has 1 aliphatic heterocycles. The van der Waals surface area contributed by atoms with Crippen molar-refractivity contribution in [3.63, 3.8) is 0 Å². The van der Waals surface area contributed by atoms with Crippen LogP contribution in [0, 0.1) is 6.92 Å². The standard InChI is InChI=1S/C15H17F3N4O/c1-9-11(4-5-19-9)14(23)22-6-2-3-10(8-22)13-20-7-12(21-13)15(16,17)18/h4-5,7,10,19H,2-3,6,8H2,1H3,(H,20,21). The summed E-state index contributed by atoms with van der Waals surface area (Å²) in [5, 5.41) is 0. The maximum absolute atomic E-state index is 12.7. The molecule has 0 aliphatic carbocycles. The van der Waals surface area contributed by atoms with Crippen LogP contribution in [-0.2, 0) is 6.18 Å². The van der Waals surface area contributed by atoms with Crippen molar-refractivity contribution in [2.24, 2.45) is 0 Å². The summed E-state index contributed by atoms with van der Waals surface area (Å²) < 4.78 is 38.0. The third-order valence-corrected chi connectivity index (χ3v) is 4.18. The Labute approximate surface area is 130 Å². The number of imidazole rings is 1. The Bertz CT molecular complexity index is 704. The van der Waals surface area contributed by atoms with Crippen molar-refractivity contribution in [3.8, 4) is 0 Å². The molecule has 0 aromatic carbocycles. The molecule has 3 rings (SSSR count). The summed E-state index contributed by atoms with van der Waals surface area (Å²) in [6.07, 6.45) is -0.473. The number of likely N-dealkylation sites (tertiary alicyclic amines) is 1. The van der Waals surface area contributed by atoms with E-state index < -0.39 is 11.9 Å². The topological polar surface area (TPSA) is 64.8 Å². The molecule has 23 heavy (non-hydrogen) atoms. The van der Waals surface area contributed by atoms with Gasteiger partial charge in [0.25, 0.3) is 5.91 Å². The first-order valence-corrected chi connectivity index (χ1v) is 7.41. The highest BCUT2D eigenvalue weighted by Gasteiger charge is 2.35. The van der Waals surface area contributed by atoms with E-state index in [1.807, 2.05) is 6.92 Å². The lowest BCUT2D eigenvalue weighted by Gasteiger charge is -2.32. The van der Waals surface area contributed by atoms with Crippen LogP contribution in [0.25, 0.3) is 0 Å². The molecule has 0 spiro atoms. The smallest absolute Gasteiger partial charge is 0.365 e. The quantitative estimate of drug-likeness (QED) is 0.891. The maximum Gasteiger partial charge on any atom is 0.432 e. The van der Waals surface area contributed by atoms with Gasteiger partial charge in [-0.05, 0) is 25.8 Å². The van der Waals surface area contributed by atoms with Crippen LogP contribution in [0.5, 0.6) is 0 Å². The highest BCUT2D eigenvalue weighted by Crippen LogP contribution is 2.31. The molecule has 124 valence electrons. The van der Waals surface area contributed by atoms with Gasteiger partial charge in [-0.3, -0.25) is 4.79 Å². The summed E-state index contributed by atoms with van der Waals surface area (Å²) in [6.45, 7) is 2.79. The van der Waals surface area contributed by atoms with E-state index in [9.17, 15) is 18.0 Å². The third-order valence-electron chi connectivity index (χ3n) is 4.18. The summed E-state index contributed by atoms with van der Waals surface area (Å²) >= 11 is 0. The van der Waals surface area contributed by atoms with Gasteiger partial charge in [-0.1, -0.05) is 0 Å². The first-order chi connectivity index (χ1) is 10.9. The first kappa shape index (κ1) is 15.6. The molecule has 8 heteroatoms. The molecule has 0 bridgehead atoms. The number of hydrogen-bond donors (Lipinski definition) is 2. The summed E-state index contributed by atoms with van der Waals surface area (Å²) in [6, 6.07) is 1.72. The molecule has 0 radical (unpaired) electrons. The number of amides is 1. The van der Waals surface area contributed by atoms with Crippen molar-refractivity contribution in [2.45, 2.75) is 31.9 Å². The predicted molar refractivity (Wildman–Crippen MR) is 77.0 cm³/mol. The Morgan fingerprint density at radius 2 is 2.22 bits per heavy atom. The zero-order valence-corrected chi connectivity index (χ0v) is 12.6. The number of aromatic nitrogens is 3. The number of nitrogens with one attached hydrogen (secondary N) is 2. The summed E-state index contributed by atoms with van der Waals surface area (Å²) in [5.41, 5.74) is 0.535. The van der Waals surface area contributed by atoms with Gasteiger partial charge in [0.1, 0.15) is 11.5 Å². The van der Waals surface area contributed by atoms with Crippen molar-refractivity contribution in [1.82, 2.24) is 19.9 Å². The second-order valence-electron chi connectivity index (χ2n) is 5.79. The normalized spacial score (nSPS) is 19.1. The number of piperidine rings is 1. The number of aromatic amines is 2. The van der Waals surface area contributed by atoms with Gasteiger partial charge >= 0.3 is 6.18 Å². The van der Waals surface area contributed by atoms with Gasteiger partial charge in [0.15, 0.2) is 0 Å². The lowest BCUT2D eigenvalue weighted by molar-refractivity contribution is -0.141. The van der Waals surface area contributed by atoms with Crippen LogP contribution >= 0.6 is 0 Å². The Kier molecular flexibility index (Phi) is 3.91. The molecule has 1 fully saturated rings. The van der Waals surface area contributed by atoms with E-state index in [-0.39, 0.29) is 11.8 Å². The van der Waals surface area contributed by atoms with Gasteiger partial charge in [-0.25, -0.2) is 4.98 Å². The molecule has 0 saturated carbocycles. The number of alkyl halides is 3. The molecule has 5 nitrogen and oxygen atoms in total. The van der Waals surface area contributed by atoms with Gasteiger partial charge in [-0.15, -0.1) is 0 Å². The minimum Gasteiger partial charge on any atom is -0.365 e. The SMILES string of the molecule is Cc1[nH]ccc1C(=O)N1CCCC(c2ncc(C(F)(F)F)[nH]2)C1. The highest BCUT2D eigenvalue weighted by molar-refractivity contribution is 5.95. The van der Waals surface area contributed by atoms with Crippen LogP contribution in [0.1, 0.15) is 46.3 Å². The molecule has 1 atom stereocenters. The number of carbonyl (C=O) groups excluding carboxylic acids is 1. The molecule has 1 aliphatic rings.